The molecule has 2 bridgehead atoms. The lowest BCUT2D eigenvalue weighted by atomic mass is 9.81. The number of carbonyl (C=O) groups is 2. The van der Waals surface area contributed by atoms with Gasteiger partial charge in [-0.05, 0) is 59.9 Å². The Bertz CT molecular complexity index is 1230. The molecule has 2 fully saturated rings. The Kier molecular flexibility index (Phi) is 7.28. The van der Waals surface area contributed by atoms with Gasteiger partial charge >= 0.3 is 6.09 Å². The Labute approximate surface area is 224 Å². The van der Waals surface area contributed by atoms with Crippen LogP contribution in [0.4, 0.5) is 4.79 Å². The van der Waals surface area contributed by atoms with Gasteiger partial charge in [0.1, 0.15) is 12.4 Å². The second-order valence-corrected chi connectivity index (χ2v) is 10.9. The van der Waals surface area contributed by atoms with Crippen molar-refractivity contribution in [2.24, 2.45) is 5.92 Å². The van der Waals surface area contributed by atoms with E-state index < -0.39 is 0 Å². The number of amides is 1. The third-order valence-corrected chi connectivity index (χ3v) is 8.50. The Morgan fingerprint density at radius 3 is 2.05 bits per heavy atom. The van der Waals surface area contributed by atoms with Gasteiger partial charge in [-0.2, -0.15) is 0 Å². The van der Waals surface area contributed by atoms with Crippen LogP contribution in [0, 0.1) is 5.92 Å². The number of unbranched alkanes of at least 4 members (excludes halogenated alkanes) is 1. The first kappa shape index (κ1) is 24.9. The summed E-state index contributed by atoms with van der Waals surface area (Å²) >= 11 is 0. The zero-order chi connectivity index (χ0) is 25.9. The first-order valence-corrected chi connectivity index (χ1v) is 14.0. The monoisotopic (exact) mass is 509 g/mol. The van der Waals surface area contributed by atoms with Gasteiger partial charge in [0.2, 0.25) is 0 Å². The van der Waals surface area contributed by atoms with Gasteiger partial charge in [0, 0.05) is 18.3 Å². The van der Waals surface area contributed by atoms with Crippen molar-refractivity contribution in [3.05, 3.63) is 95.6 Å². The lowest BCUT2D eigenvalue weighted by Gasteiger charge is -2.47. The molecule has 38 heavy (non-hydrogen) atoms. The second-order valence-electron chi connectivity index (χ2n) is 10.9. The number of morpholine rings is 1. The molecular formula is C33H35NO4. The highest BCUT2D eigenvalue weighted by atomic mass is 16.6. The third-order valence-electron chi connectivity index (χ3n) is 8.50. The fourth-order valence-electron chi connectivity index (χ4n) is 6.62. The predicted octanol–water partition coefficient (Wildman–Crippen LogP) is 6.40. The molecular weight excluding hydrogens is 474 g/mol. The molecule has 3 aliphatic rings. The summed E-state index contributed by atoms with van der Waals surface area (Å²) in [5.74, 6) is 0.378. The summed E-state index contributed by atoms with van der Waals surface area (Å²) in [5, 5.41) is 0. The highest BCUT2D eigenvalue weighted by Gasteiger charge is 2.44. The number of carbonyl (C=O) groups excluding carboxylic acids is 2. The molecule has 0 radical (unpaired) electrons. The average Bonchev–Trinajstić information content (AvgIpc) is 3.27. The minimum atomic E-state index is -0.279. The molecule has 2 heterocycles. The number of Topliss-reactive ketones (excluding diaryl/α,β-unsaturated/α-hetero) is 1. The molecule has 2 unspecified atom stereocenters. The summed E-state index contributed by atoms with van der Waals surface area (Å²) in [6.45, 7) is 1.25. The van der Waals surface area contributed by atoms with Crippen LogP contribution in [-0.2, 0) is 20.7 Å². The minimum Gasteiger partial charge on any atom is -0.448 e. The predicted molar refractivity (Wildman–Crippen MR) is 147 cm³/mol. The van der Waals surface area contributed by atoms with Crippen LogP contribution < -0.4 is 0 Å². The van der Waals surface area contributed by atoms with Gasteiger partial charge in [0.05, 0.1) is 25.3 Å². The molecule has 5 nitrogen and oxygen atoms in total. The molecule has 0 spiro atoms. The van der Waals surface area contributed by atoms with Crippen LogP contribution in [0.3, 0.4) is 0 Å². The van der Waals surface area contributed by atoms with E-state index in [9.17, 15) is 9.59 Å². The number of piperidine rings is 1. The second kappa shape index (κ2) is 11.1. The zero-order valence-corrected chi connectivity index (χ0v) is 21.8. The molecule has 6 rings (SSSR count). The molecule has 3 aromatic rings. The molecule has 2 saturated heterocycles. The van der Waals surface area contributed by atoms with E-state index in [0.29, 0.717) is 44.9 Å². The molecule has 3 aromatic carbocycles. The van der Waals surface area contributed by atoms with Gasteiger partial charge in [0.15, 0.2) is 0 Å². The maximum Gasteiger partial charge on any atom is 0.410 e. The van der Waals surface area contributed by atoms with E-state index in [-0.39, 0.29) is 30.0 Å². The smallest absolute Gasteiger partial charge is 0.410 e. The lowest BCUT2D eigenvalue weighted by molar-refractivity contribution is -0.131. The van der Waals surface area contributed by atoms with Gasteiger partial charge < -0.3 is 9.47 Å². The fourth-order valence-corrected chi connectivity index (χ4v) is 6.62. The standard InChI is InChI=1S/C33H35NO4/c35-32(17-9-4-12-23-10-2-1-3-11-23)24-18-25-20-37-21-26(19-24)34(25)33(36)38-22-31-29-15-7-5-13-27(29)28-14-6-8-16-30(28)31/h1-3,5-8,10-11,13-16,24-26,31H,4,9,12,17-22H2. The van der Waals surface area contributed by atoms with Crippen molar-refractivity contribution >= 4 is 11.9 Å². The fraction of sp³-hybridized carbons (Fsp3) is 0.394. The number of aryl methyl sites for hydroxylation is 1. The van der Waals surface area contributed by atoms with Crippen molar-refractivity contribution in [1.29, 1.82) is 0 Å². The lowest BCUT2D eigenvalue weighted by Crippen LogP contribution is -2.60. The quantitative estimate of drug-likeness (QED) is 0.330. The first-order chi connectivity index (χ1) is 18.7. The van der Waals surface area contributed by atoms with Crippen LogP contribution in [0.25, 0.3) is 11.1 Å². The van der Waals surface area contributed by atoms with E-state index in [1.165, 1.54) is 27.8 Å². The molecule has 2 atom stereocenters. The van der Waals surface area contributed by atoms with Crippen LogP contribution in [-0.4, -0.2) is 48.7 Å². The Morgan fingerprint density at radius 2 is 1.39 bits per heavy atom. The summed E-state index contributed by atoms with van der Waals surface area (Å²) in [6.07, 6.45) is 4.60. The Hall–Kier alpha value is -3.44. The number of ketones is 1. The van der Waals surface area contributed by atoms with Crippen LogP contribution in [0.2, 0.25) is 0 Å². The van der Waals surface area contributed by atoms with Gasteiger partial charge in [0.25, 0.3) is 0 Å². The maximum absolute atomic E-state index is 13.4. The topological polar surface area (TPSA) is 55.8 Å². The van der Waals surface area contributed by atoms with Crippen molar-refractivity contribution in [3.8, 4) is 11.1 Å². The highest BCUT2D eigenvalue weighted by molar-refractivity contribution is 5.82. The van der Waals surface area contributed by atoms with Crippen LogP contribution in [0.5, 0.6) is 0 Å². The van der Waals surface area contributed by atoms with Crippen molar-refractivity contribution in [1.82, 2.24) is 4.90 Å². The molecule has 0 N–H and O–H groups in total. The van der Waals surface area contributed by atoms with Crippen molar-refractivity contribution in [3.63, 3.8) is 0 Å². The number of hydrogen-bond acceptors (Lipinski definition) is 4. The summed E-state index contributed by atoms with van der Waals surface area (Å²) in [6, 6.07) is 27.0. The van der Waals surface area contributed by atoms with E-state index in [0.717, 1.165) is 19.3 Å². The number of benzene rings is 3. The Balaban J connectivity index is 1.04. The van der Waals surface area contributed by atoms with Crippen molar-refractivity contribution in [2.45, 2.75) is 56.5 Å². The van der Waals surface area contributed by atoms with Crippen LogP contribution in [0.15, 0.2) is 78.9 Å². The van der Waals surface area contributed by atoms with Crippen molar-refractivity contribution in [2.75, 3.05) is 19.8 Å². The van der Waals surface area contributed by atoms with E-state index in [1.807, 2.05) is 23.1 Å². The largest absolute Gasteiger partial charge is 0.448 e. The number of fused-ring (bicyclic) bond motifs is 5. The number of nitrogens with zero attached hydrogens (tertiary/aromatic N) is 1. The third kappa shape index (κ3) is 5.00. The SMILES string of the molecule is O=C(CCCCc1ccccc1)C1CC2COCC(C1)N2C(=O)OCC1c2ccccc2-c2ccccc21. The molecule has 0 aromatic heterocycles. The summed E-state index contributed by atoms with van der Waals surface area (Å²) < 4.78 is 11.8. The van der Waals surface area contributed by atoms with E-state index in [2.05, 4.69) is 60.7 Å². The van der Waals surface area contributed by atoms with Crippen LogP contribution >= 0.6 is 0 Å². The average molecular weight is 510 g/mol. The highest BCUT2D eigenvalue weighted by Crippen LogP contribution is 2.44. The van der Waals surface area contributed by atoms with E-state index in [4.69, 9.17) is 9.47 Å². The molecule has 1 aliphatic carbocycles. The first-order valence-electron chi connectivity index (χ1n) is 14.0. The number of ether oxygens (including phenoxy) is 2. The van der Waals surface area contributed by atoms with E-state index >= 15 is 0 Å². The van der Waals surface area contributed by atoms with Gasteiger partial charge in [-0.15, -0.1) is 0 Å². The summed E-state index contributed by atoms with van der Waals surface area (Å²) in [5.41, 5.74) is 6.18. The van der Waals surface area contributed by atoms with Gasteiger partial charge in [-0.3, -0.25) is 9.69 Å². The number of rotatable bonds is 8. The minimum absolute atomic E-state index is 0.00302. The number of hydrogen-bond donors (Lipinski definition) is 0. The van der Waals surface area contributed by atoms with Crippen molar-refractivity contribution < 1.29 is 19.1 Å². The Morgan fingerprint density at radius 1 is 0.789 bits per heavy atom. The maximum atomic E-state index is 13.4. The zero-order valence-electron chi connectivity index (χ0n) is 21.8. The summed E-state index contributed by atoms with van der Waals surface area (Å²) in [4.78, 5) is 28.3. The van der Waals surface area contributed by atoms with E-state index in [1.54, 1.807) is 0 Å². The molecule has 196 valence electrons. The molecule has 1 amide bonds. The molecule has 2 aliphatic heterocycles. The van der Waals surface area contributed by atoms with Crippen LogP contribution in [0.1, 0.15) is 54.7 Å². The van der Waals surface area contributed by atoms with Gasteiger partial charge in [-0.25, -0.2) is 4.79 Å². The van der Waals surface area contributed by atoms with Gasteiger partial charge in [-0.1, -0.05) is 78.9 Å². The summed E-state index contributed by atoms with van der Waals surface area (Å²) in [7, 11) is 0. The molecule has 5 heteroatoms. The molecule has 0 saturated carbocycles. The normalized spacial score (nSPS) is 22.0.